The summed E-state index contributed by atoms with van der Waals surface area (Å²) in [5.74, 6) is 0.820. The Hall–Kier alpha value is -0.490. The molecule has 1 saturated carbocycles. The van der Waals surface area contributed by atoms with Crippen LogP contribution in [0.1, 0.15) is 18.7 Å². The SMILES string of the molecule is Cn1nnc(CN(CCBr)C2CC2)n1. The third-order valence-corrected chi connectivity index (χ3v) is 2.68. The van der Waals surface area contributed by atoms with Gasteiger partial charge in [0.2, 0.25) is 0 Å². The van der Waals surface area contributed by atoms with E-state index >= 15 is 0 Å². The average Bonchev–Trinajstić information content (AvgIpc) is 2.91. The van der Waals surface area contributed by atoms with Crippen molar-refractivity contribution >= 4 is 15.9 Å². The molecule has 1 aromatic rings. The van der Waals surface area contributed by atoms with Crippen molar-refractivity contribution in [3.05, 3.63) is 5.82 Å². The molecule has 0 saturated heterocycles. The van der Waals surface area contributed by atoms with Gasteiger partial charge < -0.3 is 0 Å². The Morgan fingerprint density at radius 2 is 2.36 bits per heavy atom. The molecule has 0 N–H and O–H groups in total. The van der Waals surface area contributed by atoms with E-state index in [-0.39, 0.29) is 0 Å². The monoisotopic (exact) mass is 259 g/mol. The second-order valence-corrected chi connectivity index (χ2v) is 4.38. The Morgan fingerprint density at radius 1 is 1.57 bits per heavy atom. The number of nitrogens with zero attached hydrogens (tertiary/aromatic N) is 5. The fourth-order valence-electron chi connectivity index (χ4n) is 1.51. The Morgan fingerprint density at radius 3 is 2.86 bits per heavy atom. The predicted octanol–water partition coefficient (Wildman–Crippen LogP) is 0.569. The Kier molecular flexibility index (Phi) is 3.12. The zero-order valence-corrected chi connectivity index (χ0v) is 9.81. The van der Waals surface area contributed by atoms with Crippen LogP contribution in [0.3, 0.4) is 0 Å². The second-order valence-electron chi connectivity index (χ2n) is 3.59. The minimum atomic E-state index is 0.747. The van der Waals surface area contributed by atoms with E-state index in [0.717, 1.165) is 30.3 Å². The summed E-state index contributed by atoms with van der Waals surface area (Å²) in [7, 11) is 1.79. The van der Waals surface area contributed by atoms with Gasteiger partial charge in [-0.15, -0.1) is 10.2 Å². The maximum Gasteiger partial charge on any atom is 0.188 e. The molecule has 6 heteroatoms. The van der Waals surface area contributed by atoms with Crippen LogP contribution >= 0.6 is 15.9 Å². The second kappa shape index (κ2) is 4.35. The molecule has 1 aliphatic rings. The zero-order chi connectivity index (χ0) is 9.97. The van der Waals surface area contributed by atoms with Crippen LogP contribution in [0.2, 0.25) is 0 Å². The topological polar surface area (TPSA) is 46.8 Å². The van der Waals surface area contributed by atoms with Gasteiger partial charge in [-0.3, -0.25) is 4.90 Å². The van der Waals surface area contributed by atoms with Gasteiger partial charge >= 0.3 is 0 Å². The van der Waals surface area contributed by atoms with E-state index in [4.69, 9.17) is 0 Å². The molecular weight excluding hydrogens is 246 g/mol. The van der Waals surface area contributed by atoms with Crippen LogP contribution in [0, 0.1) is 0 Å². The molecule has 78 valence electrons. The maximum atomic E-state index is 4.18. The van der Waals surface area contributed by atoms with E-state index in [9.17, 15) is 0 Å². The van der Waals surface area contributed by atoms with E-state index in [1.54, 1.807) is 7.05 Å². The molecule has 5 nitrogen and oxygen atoms in total. The summed E-state index contributed by atoms with van der Waals surface area (Å²) >= 11 is 3.46. The average molecular weight is 260 g/mol. The van der Waals surface area contributed by atoms with Crippen molar-refractivity contribution in [3.8, 4) is 0 Å². The van der Waals surface area contributed by atoms with Gasteiger partial charge in [-0.1, -0.05) is 15.9 Å². The lowest BCUT2D eigenvalue weighted by Gasteiger charge is -2.18. The highest BCUT2D eigenvalue weighted by atomic mass is 79.9. The molecule has 0 aromatic carbocycles. The maximum absolute atomic E-state index is 4.18. The molecule has 0 radical (unpaired) electrons. The van der Waals surface area contributed by atoms with Gasteiger partial charge in [0.05, 0.1) is 13.6 Å². The number of aryl methyl sites for hydroxylation is 1. The highest BCUT2D eigenvalue weighted by Gasteiger charge is 2.29. The van der Waals surface area contributed by atoms with Crippen LogP contribution in [0.25, 0.3) is 0 Å². The van der Waals surface area contributed by atoms with Gasteiger partial charge in [0.1, 0.15) is 0 Å². The van der Waals surface area contributed by atoms with Crippen molar-refractivity contribution in [3.63, 3.8) is 0 Å². The molecule has 14 heavy (non-hydrogen) atoms. The summed E-state index contributed by atoms with van der Waals surface area (Å²) in [5.41, 5.74) is 0. The first kappa shape index (κ1) is 10.0. The molecule has 1 fully saturated rings. The standard InChI is InChI=1S/C8H14BrN5/c1-13-11-8(10-12-13)6-14(5-4-9)7-2-3-7/h7H,2-6H2,1H3. The molecule has 1 aliphatic carbocycles. The fraction of sp³-hybridized carbons (Fsp3) is 0.875. The van der Waals surface area contributed by atoms with E-state index in [2.05, 4.69) is 36.2 Å². The number of hydrogen-bond acceptors (Lipinski definition) is 4. The number of hydrogen-bond donors (Lipinski definition) is 0. The van der Waals surface area contributed by atoms with Crippen molar-refractivity contribution in [2.75, 3.05) is 11.9 Å². The van der Waals surface area contributed by atoms with E-state index in [0.29, 0.717) is 0 Å². The third-order valence-electron chi connectivity index (χ3n) is 2.33. The van der Waals surface area contributed by atoms with Crippen molar-refractivity contribution < 1.29 is 0 Å². The van der Waals surface area contributed by atoms with E-state index in [1.807, 2.05) is 0 Å². The van der Waals surface area contributed by atoms with Gasteiger partial charge in [0.25, 0.3) is 0 Å². The predicted molar refractivity (Wildman–Crippen MR) is 56.0 cm³/mol. The Balaban J connectivity index is 1.92. The number of aromatic nitrogens is 4. The van der Waals surface area contributed by atoms with E-state index in [1.165, 1.54) is 17.6 Å². The number of tetrazole rings is 1. The molecule has 0 amide bonds. The summed E-state index contributed by atoms with van der Waals surface area (Å²) in [4.78, 5) is 3.92. The molecular formula is C8H14BrN5. The zero-order valence-electron chi connectivity index (χ0n) is 8.23. The van der Waals surface area contributed by atoms with Crippen molar-refractivity contribution in [1.82, 2.24) is 25.1 Å². The lowest BCUT2D eigenvalue weighted by molar-refractivity contribution is 0.265. The van der Waals surface area contributed by atoms with Crippen molar-refractivity contribution in [2.45, 2.75) is 25.4 Å². The quantitative estimate of drug-likeness (QED) is 0.726. The van der Waals surface area contributed by atoms with Gasteiger partial charge in [0.15, 0.2) is 5.82 Å². The van der Waals surface area contributed by atoms with Crippen LogP contribution in [-0.4, -0.2) is 43.0 Å². The summed E-state index contributed by atoms with van der Waals surface area (Å²) in [6, 6.07) is 0.747. The molecule has 0 atom stereocenters. The van der Waals surface area contributed by atoms with Gasteiger partial charge in [-0.25, -0.2) is 0 Å². The molecule has 0 bridgehead atoms. The molecule has 1 heterocycles. The van der Waals surface area contributed by atoms with Crippen LogP contribution in [0.4, 0.5) is 0 Å². The Bertz CT molecular complexity index is 296. The number of alkyl halides is 1. The summed E-state index contributed by atoms with van der Waals surface area (Å²) in [6.45, 7) is 1.88. The molecule has 0 spiro atoms. The van der Waals surface area contributed by atoms with Crippen molar-refractivity contribution in [2.24, 2.45) is 7.05 Å². The van der Waals surface area contributed by atoms with Gasteiger partial charge in [0, 0.05) is 17.9 Å². The van der Waals surface area contributed by atoms with Gasteiger partial charge in [-0.05, 0) is 18.1 Å². The van der Waals surface area contributed by atoms with Crippen molar-refractivity contribution in [1.29, 1.82) is 0 Å². The lowest BCUT2D eigenvalue weighted by atomic mass is 10.4. The number of halogens is 1. The minimum Gasteiger partial charge on any atom is -0.292 e. The largest absolute Gasteiger partial charge is 0.292 e. The first-order valence-corrected chi connectivity index (χ1v) is 5.94. The van der Waals surface area contributed by atoms with Crippen LogP contribution in [-0.2, 0) is 13.6 Å². The molecule has 2 rings (SSSR count). The first-order chi connectivity index (χ1) is 6.79. The first-order valence-electron chi connectivity index (χ1n) is 4.82. The van der Waals surface area contributed by atoms with Gasteiger partial charge in [-0.2, -0.15) is 4.80 Å². The molecule has 0 aliphatic heterocycles. The third kappa shape index (κ3) is 2.51. The fourth-order valence-corrected chi connectivity index (χ4v) is 1.96. The van der Waals surface area contributed by atoms with Crippen LogP contribution in [0.5, 0.6) is 0 Å². The summed E-state index contributed by atoms with van der Waals surface area (Å²) in [5, 5.41) is 13.0. The lowest BCUT2D eigenvalue weighted by Crippen LogP contribution is -2.28. The minimum absolute atomic E-state index is 0.747. The highest BCUT2D eigenvalue weighted by Crippen LogP contribution is 2.27. The van der Waals surface area contributed by atoms with Crippen LogP contribution < -0.4 is 0 Å². The van der Waals surface area contributed by atoms with E-state index < -0.39 is 0 Å². The van der Waals surface area contributed by atoms with Crippen LogP contribution in [0.15, 0.2) is 0 Å². The highest BCUT2D eigenvalue weighted by molar-refractivity contribution is 9.09. The summed E-state index contributed by atoms with van der Waals surface area (Å²) < 4.78 is 0. The number of rotatable bonds is 5. The summed E-state index contributed by atoms with van der Waals surface area (Å²) in [6.07, 6.45) is 2.63. The molecule has 0 unspecified atom stereocenters. The Labute approximate surface area is 91.6 Å². The molecule has 1 aromatic heterocycles. The normalized spacial score (nSPS) is 16.5. The smallest absolute Gasteiger partial charge is 0.188 e.